The molecule has 2 aromatic rings. The Morgan fingerprint density at radius 3 is 2.25 bits per heavy atom. The summed E-state index contributed by atoms with van der Waals surface area (Å²) in [6, 6.07) is 14.0. The molecule has 0 N–H and O–H groups in total. The number of benzene rings is 2. The quantitative estimate of drug-likeness (QED) is 0.749. The molecule has 0 aliphatic heterocycles. The number of rotatable bonds is 2. The molecule has 0 aliphatic rings. The molecule has 2 rings (SSSR count). The summed E-state index contributed by atoms with van der Waals surface area (Å²) in [4.78, 5) is 0. The largest absolute Gasteiger partial charge is 0.497 e. The van der Waals surface area contributed by atoms with E-state index in [-0.39, 0.29) is 0 Å². The Hall–Kier alpha value is -1.47. The minimum atomic E-state index is 0.783. The van der Waals surface area contributed by atoms with Crippen molar-refractivity contribution in [2.75, 3.05) is 7.11 Å². The first-order valence-corrected chi connectivity index (χ1v) is 5.49. The van der Waals surface area contributed by atoms with E-state index in [4.69, 9.17) is 16.3 Å². The fraction of sp³-hybridized carbons (Fsp3) is 0.143. The average Bonchev–Trinajstić information content (AvgIpc) is 2.29. The Kier molecular flexibility index (Phi) is 3.16. The van der Waals surface area contributed by atoms with Crippen LogP contribution in [0.4, 0.5) is 0 Å². The first-order valence-electron chi connectivity index (χ1n) is 5.11. The smallest absolute Gasteiger partial charge is 0.118 e. The van der Waals surface area contributed by atoms with Gasteiger partial charge in [0.15, 0.2) is 0 Å². The van der Waals surface area contributed by atoms with Crippen LogP contribution in [-0.2, 0) is 0 Å². The molecule has 0 saturated carbocycles. The van der Waals surface area contributed by atoms with Gasteiger partial charge in [-0.3, -0.25) is 0 Å². The van der Waals surface area contributed by atoms with E-state index >= 15 is 0 Å². The first-order chi connectivity index (χ1) is 7.70. The van der Waals surface area contributed by atoms with Crippen molar-refractivity contribution in [3.05, 3.63) is 53.1 Å². The second kappa shape index (κ2) is 4.58. The van der Waals surface area contributed by atoms with Gasteiger partial charge in [-0.25, -0.2) is 0 Å². The van der Waals surface area contributed by atoms with Crippen molar-refractivity contribution in [3.8, 4) is 16.9 Å². The minimum Gasteiger partial charge on any atom is -0.497 e. The number of hydrogen-bond acceptors (Lipinski definition) is 1. The third-order valence-electron chi connectivity index (χ3n) is 2.53. The van der Waals surface area contributed by atoms with Crippen LogP contribution in [-0.4, -0.2) is 7.11 Å². The molecule has 2 aromatic carbocycles. The van der Waals surface area contributed by atoms with Gasteiger partial charge in [0.1, 0.15) is 5.75 Å². The lowest BCUT2D eigenvalue weighted by Crippen LogP contribution is -1.84. The monoisotopic (exact) mass is 232 g/mol. The first kappa shape index (κ1) is 11.0. The van der Waals surface area contributed by atoms with Crippen LogP contribution in [0.1, 0.15) is 5.56 Å². The van der Waals surface area contributed by atoms with Gasteiger partial charge in [0.2, 0.25) is 0 Å². The molecule has 16 heavy (non-hydrogen) atoms. The van der Waals surface area contributed by atoms with E-state index in [0.717, 1.165) is 21.9 Å². The molecule has 0 fully saturated rings. The second-order valence-electron chi connectivity index (χ2n) is 3.71. The maximum absolute atomic E-state index is 6.21. The number of halogens is 1. The summed E-state index contributed by atoms with van der Waals surface area (Å²) in [5.41, 5.74) is 3.32. The molecule has 0 aromatic heterocycles. The highest BCUT2D eigenvalue weighted by Crippen LogP contribution is 2.29. The number of ether oxygens (including phenoxy) is 1. The molecule has 1 nitrogen and oxygen atoms in total. The van der Waals surface area contributed by atoms with E-state index in [0.29, 0.717) is 0 Å². The molecule has 0 radical (unpaired) electrons. The van der Waals surface area contributed by atoms with E-state index in [2.05, 4.69) is 6.07 Å². The minimum absolute atomic E-state index is 0.783. The van der Waals surface area contributed by atoms with Gasteiger partial charge in [-0.2, -0.15) is 0 Å². The van der Waals surface area contributed by atoms with Crippen LogP contribution >= 0.6 is 11.6 Å². The Labute approximate surface area is 101 Å². The summed E-state index contributed by atoms with van der Waals surface area (Å²) in [7, 11) is 1.66. The predicted molar refractivity (Wildman–Crippen MR) is 68.2 cm³/mol. The van der Waals surface area contributed by atoms with Crippen molar-refractivity contribution >= 4 is 11.6 Å². The molecule has 82 valence electrons. The van der Waals surface area contributed by atoms with E-state index in [1.807, 2.05) is 43.3 Å². The zero-order valence-electron chi connectivity index (χ0n) is 9.33. The van der Waals surface area contributed by atoms with Crippen LogP contribution in [0.3, 0.4) is 0 Å². The lowest BCUT2D eigenvalue weighted by atomic mass is 10.0. The molecule has 0 spiro atoms. The standard InChI is InChI=1S/C14H13ClO/c1-10-3-8-13(14(15)9-10)11-4-6-12(16-2)7-5-11/h3-9H,1-2H3. The zero-order valence-corrected chi connectivity index (χ0v) is 10.1. The molecule has 0 heterocycles. The van der Waals surface area contributed by atoms with Crippen molar-refractivity contribution in [1.82, 2.24) is 0 Å². The predicted octanol–water partition coefficient (Wildman–Crippen LogP) is 4.32. The Morgan fingerprint density at radius 2 is 1.69 bits per heavy atom. The molecule has 0 amide bonds. The van der Waals surface area contributed by atoms with Crippen LogP contribution in [0.2, 0.25) is 5.02 Å². The second-order valence-corrected chi connectivity index (χ2v) is 4.12. The number of aryl methyl sites for hydroxylation is 1. The van der Waals surface area contributed by atoms with Gasteiger partial charge in [0.25, 0.3) is 0 Å². The molecule has 0 atom stereocenters. The summed E-state index contributed by atoms with van der Waals surface area (Å²) in [5, 5.41) is 0.783. The summed E-state index contributed by atoms with van der Waals surface area (Å²) < 4.78 is 5.12. The van der Waals surface area contributed by atoms with Gasteiger partial charge < -0.3 is 4.74 Å². The summed E-state index contributed by atoms with van der Waals surface area (Å²) in [5.74, 6) is 0.854. The van der Waals surface area contributed by atoms with Crippen LogP contribution in [0.5, 0.6) is 5.75 Å². The lowest BCUT2D eigenvalue weighted by Gasteiger charge is -2.06. The van der Waals surface area contributed by atoms with Gasteiger partial charge in [0, 0.05) is 10.6 Å². The van der Waals surface area contributed by atoms with Crippen molar-refractivity contribution in [2.24, 2.45) is 0 Å². The van der Waals surface area contributed by atoms with Crippen LogP contribution in [0.25, 0.3) is 11.1 Å². The molecule has 0 unspecified atom stereocenters. The Bertz CT molecular complexity index is 489. The van der Waals surface area contributed by atoms with Crippen molar-refractivity contribution in [1.29, 1.82) is 0 Å². The van der Waals surface area contributed by atoms with E-state index < -0.39 is 0 Å². The fourth-order valence-electron chi connectivity index (χ4n) is 1.62. The van der Waals surface area contributed by atoms with Crippen molar-refractivity contribution in [2.45, 2.75) is 6.92 Å². The molecular weight excluding hydrogens is 220 g/mol. The Morgan fingerprint density at radius 1 is 1.00 bits per heavy atom. The van der Waals surface area contributed by atoms with E-state index in [9.17, 15) is 0 Å². The molecule has 0 aliphatic carbocycles. The highest BCUT2D eigenvalue weighted by Gasteiger charge is 2.03. The molecule has 2 heteroatoms. The topological polar surface area (TPSA) is 9.23 Å². The molecular formula is C14H13ClO. The normalized spacial score (nSPS) is 10.2. The number of methoxy groups -OCH3 is 1. The van der Waals surface area contributed by atoms with Crippen LogP contribution in [0, 0.1) is 6.92 Å². The van der Waals surface area contributed by atoms with Crippen LogP contribution in [0.15, 0.2) is 42.5 Å². The third-order valence-corrected chi connectivity index (χ3v) is 2.84. The van der Waals surface area contributed by atoms with Gasteiger partial charge in [0.05, 0.1) is 7.11 Å². The fourth-order valence-corrected chi connectivity index (χ4v) is 1.97. The van der Waals surface area contributed by atoms with E-state index in [1.54, 1.807) is 7.11 Å². The van der Waals surface area contributed by atoms with Gasteiger partial charge in [-0.15, -0.1) is 0 Å². The maximum atomic E-state index is 6.21. The highest BCUT2D eigenvalue weighted by molar-refractivity contribution is 6.33. The zero-order chi connectivity index (χ0) is 11.5. The molecule has 0 saturated heterocycles. The summed E-state index contributed by atoms with van der Waals surface area (Å²) in [6.07, 6.45) is 0. The summed E-state index contributed by atoms with van der Waals surface area (Å²) in [6.45, 7) is 2.03. The van der Waals surface area contributed by atoms with Gasteiger partial charge in [-0.05, 0) is 36.2 Å². The summed E-state index contributed by atoms with van der Waals surface area (Å²) >= 11 is 6.21. The van der Waals surface area contributed by atoms with Crippen molar-refractivity contribution < 1.29 is 4.74 Å². The highest BCUT2D eigenvalue weighted by atomic mass is 35.5. The number of hydrogen-bond donors (Lipinski definition) is 0. The third kappa shape index (κ3) is 2.20. The Balaban J connectivity index is 2.42. The maximum Gasteiger partial charge on any atom is 0.118 e. The van der Waals surface area contributed by atoms with Crippen LogP contribution < -0.4 is 4.74 Å². The van der Waals surface area contributed by atoms with Gasteiger partial charge >= 0.3 is 0 Å². The SMILES string of the molecule is COc1ccc(-c2ccc(C)cc2Cl)cc1. The van der Waals surface area contributed by atoms with E-state index in [1.165, 1.54) is 5.56 Å². The lowest BCUT2D eigenvalue weighted by molar-refractivity contribution is 0.415. The van der Waals surface area contributed by atoms with Gasteiger partial charge in [-0.1, -0.05) is 35.9 Å². The molecule has 0 bridgehead atoms. The average molecular weight is 233 g/mol. The van der Waals surface area contributed by atoms with Crippen molar-refractivity contribution in [3.63, 3.8) is 0 Å².